The van der Waals surface area contributed by atoms with Crippen LogP contribution in [0.3, 0.4) is 0 Å². The van der Waals surface area contributed by atoms with E-state index in [1.807, 2.05) is 66.2 Å². The highest BCUT2D eigenvalue weighted by molar-refractivity contribution is 7.13. The summed E-state index contributed by atoms with van der Waals surface area (Å²) in [5, 5.41) is 9.47. The molecule has 1 aromatic carbocycles. The minimum atomic E-state index is 0.731. The Morgan fingerprint density at radius 3 is 2.54 bits per heavy atom. The molecule has 0 aliphatic heterocycles. The van der Waals surface area contributed by atoms with E-state index in [1.54, 1.807) is 17.5 Å². The number of pyridine rings is 2. The molecular weight excluding hydrogens is 342 g/mol. The molecule has 5 nitrogen and oxygen atoms in total. The van der Waals surface area contributed by atoms with Crippen molar-refractivity contribution in [3.8, 4) is 10.7 Å². The molecule has 6 heteroatoms. The summed E-state index contributed by atoms with van der Waals surface area (Å²) in [7, 11) is 0. The van der Waals surface area contributed by atoms with Crippen LogP contribution in [0.15, 0.2) is 78.4 Å². The first kappa shape index (κ1) is 16.2. The standard InChI is InChI=1S/C20H17N5S/c1-2-5-16(6-3-1)22-13-15-9-10-18(23-14-15)25-19-8-4-7-17(24-19)20-21-11-12-26-20/h1-12,14,22H,13H2,(H,23,24,25). The van der Waals surface area contributed by atoms with Crippen LogP contribution in [-0.4, -0.2) is 15.0 Å². The summed E-state index contributed by atoms with van der Waals surface area (Å²) >= 11 is 1.57. The van der Waals surface area contributed by atoms with Crippen molar-refractivity contribution in [2.75, 3.05) is 10.6 Å². The zero-order valence-corrected chi connectivity index (χ0v) is 14.8. The molecule has 4 aromatic rings. The number of hydrogen-bond acceptors (Lipinski definition) is 6. The summed E-state index contributed by atoms with van der Waals surface area (Å²) in [6.07, 6.45) is 3.65. The lowest BCUT2D eigenvalue weighted by molar-refractivity contribution is 1.11. The Morgan fingerprint density at radius 1 is 0.846 bits per heavy atom. The number of nitrogens with one attached hydrogen (secondary N) is 2. The maximum atomic E-state index is 4.59. The number of anilines is 3. The molecule has 26 heavy (non-hydrogen) atoms. The molecule has 0 unspecified atom stereocenters. The second-order valence-corrected chi connectivity index (χ2v) is 6.54. The third-order valence-corrected chi connectivity index (χ3v) is 4.55. The lowest BCUT2D eigenvalue weighted by atomic mass is 10.2. The van der Waals surface area contributed by atoms with E-state index in [1.165, 1.54) is 0 Å². The maximum absolute atomic E-state index is 4.59. The van der Waals surface area contributed by atoms with Crippen LogP contribution in [0, 0.1) is 0 Å². The molecule has 0 aliphatic carbocycles. The molecule has 3 heterocycles. The molecule has 0 saturated carbocycles. The highest BCUT2D eigenvalue weighted by Gasteiger charge is 2.04. The van der Waals surface area contributed by atoms with E-state index in [2.05, 4.69) is 31.7 Å². The molecule has 128 valence electrons. The Labute approximate surface area is 155 Å². The number of thiazole rings is 1. The largest absolute Gasteiger partial charge is 0.381 e. The molecule has 0 aliphatic rings. The van der Waals surface area contributed by atoms with E-state index >= 15 is 0 Å². The summed E-state index contributed by atoms with van der Waals surface area (Å²) in [6, 6.07) is 20.0. The first-order chi connectivity index (χ1) is 12.9. The summed E-state index contributed by atoms with van der Waals surface area (Å²) in [5.41, 5.74) is 3.07. The van der Waals surface area contributed by atoms with Gasteiger partial charge in [-0.25, -0.2) is 15.0 Å². The molecule has 2 N–H and O–H groups in total. The van der Waals surface area contributed by atoms with Gasteiger partial charge in [0, 0.05) is 30.0 Å². The number of benzene rings is 1. The second-order valence-electron chi connectivity index (χ2n) is 5.64. The Hall–Kier alpha value is -3.25. The van der Waals surface area contributed by atoms with E-state index in [4.69, 9.17) is 0 Å². The first-order valence-corrected chi connectivity index (χ1v) is 9.12. The van der Waals surface area contributed by atoms with E-state index in [-0.39, 0.29) is 0 Å². The summed E-state index contributed by atoms with van der Waals surface area (Å²) in [5.74, 6) is 1.51. The van der Waals surface area contributed by atoms with E-state index in [0.29, 0.717) is 0 Å². The normalized spacial score (nSPS) is 10.5. The zero-order chi connectivity index (χ0) is 17.6. The molecule has 0 atom stereocenters. The van der Waals surface area contributed by atoms with Crippen LogP contribution in [0.1, 0.15) is 5.56 Å². The van der Waals surface area contributed by atoms with Crippen LogP contribution < -0.4 is 10.6 Å². The van der Waals surface area contributed by atoms with Crippen molar-refractivity contribution in [3.63, 3.8) is 0 Å². The van der Waals surface area contributed by atoms with Gasteiger partial charge in [0.15, 0.2) is 0 Å². The molecule has 0 bridgehead atoms. The van der Waals surface area contributed by atoms with Gasteiger partial charge in [-0.15, -0.1) is 11.3 Å². The molecule has 3 aromatic heterocycles. The van der Waals surface area contributed by atoms with Gasteiger partial charge in [-0.1, -0.05) is 30.3 Å². The molecule has 0 fully saturated rings. The molecule has 4 rings (SSSR count). The van der Waals surface area contributed by atoms with Crippen LogP contribution >= 0.6 is 11.3 Å². The van der Waals surface area contributed by atoms with Gasteiger partial charge in [0.05, 0.1) is 0 Å². The predicted molar refractivity (Wildman–Crippen MR) is 107 cm³/mol. The fraction of sp³-hybridized carbons (Fsp3) is 0.0500. The summed E-state index contributed by atoms with van der Waals surface area (Å²) in [4.78, 5) is 13.4. The van der Waals surface area contributed by atoms with Crippen LogP contribution in [0.4, 0.5) is 17.3 Å². The lowest BCUT2D eigenvalue weighted by Gasteiger charge is -2.08. The zero-order valence-electron chi connectivity index (χ0n) is 14.0. The molecule has 0 spiro atoms. The van der Waals surface area contributed by atoms with Crippen molar-refractivity contribution in [2.45, 2.75) is 6.54 Å². The molecule has 0 amide bonds. The predicted octanol–water partition coefficient (Wildman–Crippen LogP) is 4.96. The molecule has 0 saturated heterocycles. The summed E-state index contributed by atoms with van der Waals surface area (Å²) in [6.45, 7) is 0.731. The van der Waals surface area contributed by atoms with Crippen molar-refractivity contribution >= 4 is 28.7 Å². The van der Waals surface area contributed by atoms with Gasteiger partial charge in [0.2, 0.25) is 0 Å². The fourth-order valence-corrected chi connectivity index (χ4v) is 3.07. The average molecular weight is 359 g/mol. The van der Waals surface area contributed by atoms with Crippen molar-refractivity contribution in [2.24, 2.45) is 0 Å². The highest BCUT2D eigenvalue weighted by Crippen LogP contribution is 2.22. The molecular formula is C20H17N5S. The third-order valence-electron chi connectivity index (χ3n) is 3.75. The second kappa shape index (κ2) is 7.76. The van der Waals surface area contributed by atoms with Gasteiger partial charge < -0.3 is 10.6 Å². The Balaban J connectivity index is 1.40. The van der Waals surface area contributed by atoms with Crippen LogP contribution in [-0.2, 0) is 6.54 Å². The van der Waals surface area contributed by atoms with Gasteiger partial charge in [-0.05, 0) is 35.9 Å². The quantitative estimate of drug-likeness (QED) is 0.510. The minimum absolute atomic E-state index is 0.731. The number of para-hydroxylation sites is 1. The number of nitrogens with zero attached hydrogens (tertiary/aromatic N) is 3. The summed E-state index contributed by atoms with van der Waals surface area (Å²) < 4.78 is 0. The molecule has 0 radical (unpaired) electrons. The van der Waals surface area contributed by atoms with E-state index in [9.17, 15) is 0 Å². The monoisotopic (exact) mass is 359 g/mol. The van der Waals surface area contributed by atoms with Crippen LogP contribution in [0.25, 0.3) is 10.7 Å². The van der Waals surface area contributed by atoms with E-state index in [0.717, 1.165) is 40.1 Å². The number of aromatic nitrogens is 3. The van der Waals surface area contributed by atoms with Gasteiger partial charge in [0.25, 0.3) is 0 Å². The van der Waals surface area contributed by atoms with Crippen LogP contribution in [0.5, 0.6) is 0 Å². The van der Waals surface area contributed by atoms with E-state index < -0.39 is 0 Å². The Bertz CT molecular complexity index is 953. The van der Waals surface area contributed by atoms with Gasteiger partial charge >= 0.3 is 0 Å². The Kier molecular flexibility index (Phi) is 4.84. The average Bonchev–Trinajstić information content (AvgIpc) is 3.23. The van der Waals surface area contributed by atoms with Crippen molar-refractivity contribution in [1.29, 1.82) is 0 Å². The van der Waals surface area contributed by atoms with Crippen molar-refractivity contribution in [1.82, 2.24) is 15.0 Å². The van der Waals surface area contributed by atoms with Crippen molar-refractivity contribution < 1.29 is 0 Å². The third kappa shape index (κ3) is 4.04. The van der Waals surface area contributed by atoms with Gasteiger partial charge in [-0.2, -0.15) is 0 Å². The fourth-order valence-electron chi connectivity index (χ4n) is 2.47. The number of rotatable bonds is 6. The smallest absolute Gasteiger partial charge is 0.141 e. The minimum Gasteiger partial charge on any atom is -0.381 e. The first-order valence-electron chi connectivity index (χ1n) is 8.25. The van der Waals surface area contributed by atoms with Gasteiger partial charge in [-0.3, -0.25) is 0 Å². The Morgan fingerprint density at radius 2 is 1.77 bits per heavy atom. The van der Waals surface area contributed by atoms with Crippen LogP contribution in [0.2, 0.25) is 0 Å². The van der Waals surface area contributed by atoms with Crippen molar-refractivity contribution in [3.05, 3.63) is 84.0 Å². The highest BCUT2D eigenvalue weighted by atomic mass is 32.1. The number of hydrogen-bond donors (Lipinski definition) is 2. The van der Waals surface area contributed by atoms with Gasteiger partial charge in [0.1, 0.15) is 22.3 Å². The SMILES string of the molecule is c1ccc(NCc2ccc(Nc3cccc(-c4nccs4)n3)nc2)cc1. The lowest BCUT2D eigenvalue weighted by Crippen LogP contribution is -2.01. The topological polar surface area (TPSA) is 62.7 Å². The maximum Gasteiger partial charge on any atom is 0.141 e.